The van der Waals surface area contributed by atoms with E-state index in [0.29, 0.717) is 0 Å². The molecule has 1 N–H and O–H groups in total. The van der Waals surface area contributed by atoms with Crippen molar-refractivity contribution in [2.24, 2.45) is 0 Å². The summed E-state index contributed by atoms with van der Waals surface area (Å²) in [5, 5.41) is 9.72. The number of aromatic hydroxyl groups is 1. The Labute approximate surface area is 83.6 Å². The molecule has 0 heterocycles. The Bertz CT molecular complexity index is 369. The highest BCUT2D eigenvalue weighted by Gasteiger charge is 2.26. The lowest BCUT2D eigenvalue weighted by Crippen LogP contribution is -2.16. The lowest BCUT2D eigenvalue weighted by Gasteiger charge is -2.24. The molecule has 0 saturated heterocycles. The molecule has 74 valence electrons. The van der Waals surface area contributed by atoms with E-state index in [1.54, 1.807) is 13.0 Å². The Kier molecular flexibility index (Phi) is 2.28. The van der Waals surface area contributed by atoms with Crippen LogP contribution >= 0.6 is 0 Å². The minimum absolute atomic E-state index is 0.0834. The van der Waals surface area contributed by atoms with Gasteiger partial charge < -0.3 is 5.11 Å². The minimum Gasteiger partial charge on any atom is -0.508 e. The molecule has 1 aliphatic rings. The van der Waals surface area contributed by atoms with Crippen LogP contribution < -0.4 is 0 Å². The molecule has 0 aromatic heterocycles. The molecular weight excluding hydrogens is 176 g/mol. The summed E-state index contributed by atoms with van der Waals surface area (Å²) in [6.07, 6.45) is 2.90. The Balaban J connectivity index is 2.52. The smallest absolute Gasteiger partial charge is 0.137 e. The predicted octanol–water partition coefficient (Wildman–Crippen LogP) is 2.40. The fourth-order valence-electron chi connectivity index (χ4n) is 2.27. The third kappa shape index (κ3) is 1.41. The van der Waals surface area contributed by atoms with Crippen LogP contribution in [0.25, 0.3) is 0 Å². The standard InChI is InChI=1S/C12H14O2/c1-8(13)10-6-2-4-9-5-3-7-11(14)12(9)10/h3,5,7,10,14H,2,4,6H2,1H3. The summed E-state index contributed by atoms with van der Waals surface area (Å²) in [6, 6.07) is 5.51. The zero-order valence-corrected chi connectivity index (χ0v) is 8.29. The normalized spacial score (nSPS) is 20.2. The highest BCUT2D eigenvalue weighted by atomic mass is 16.3. The number of carbonyl (C=O) groups excluding carboxylic acids is 1. The maximum absolute atomic E-state index is 11.4. The van der Waals surface area contributed by atoms with Crippen LogP contribution in [0.1, 0.15) is 36.8 Å². The van der Waals surface area contributed by atoms with Crippen molar-refractivity contribution in [3.8, 4) is 5.75 Å². The summed E-state index contributed by atoms with van der Waals surface area (Å²) >= 11 is 0. The van der Waals surface area contributed by atoms with E-state index >= 15 is 0 Å². The van der Waals surface area contributed by atoms with Gasteiger partial charge in [-0.3, -0.25) is 4.79 Å². The van der Waals surface area contributed by atoms with Gasteiger partial charge in [0, 0.05) is 11.5 Å². The van der Waals surface area contributed by atoms with E-state index in [1.807, 2.05) is 12.1 Å². The lowest BCUT2D eigenvalue weighted by molar-refractivity contribution is -0.118. The van der Waals surface area contributed by atoms with Crippen LogP contribution in [0, 0.1) is 0 Å². The topological polar surface area (TPSA) is 37.3 Å². The molecule has 2 nitrogen and oxygen atoms in total. The molecule has 1 aromatic carbocycles. The van der Waals surface area contributed by atoms with E-state index in [9.17, 15) is 9.90 Å². The zero-order valence-electron chi connectivity index (χ0n) is 8.29. The predicted molar refractivity (Wildman–Crippen MR) is 54.5 cm³/mol. The monoisotopic (exact) mass is 190 g/mol. The Morgan fingerprint density at radius 1 is 1.50 bits per heavy atom. The van der Waals surface area contributed by atoms with Crippen molar-refractivity contribution in [1.29, 1.82) is 0 Å². The Morgan fingerprint density at radius 2 is 2.29 bits per heavy atom. The first-order valence-electron chi connectivity index (χ1n) is 5.01. The number of fused-ring (bicyclic) bond motifs is 1. The lowest BCUT2D eigenvalue weighted by atomic mass is 9.80. The van der Waals surface area contributed by atoms with Gasteiger partial charge in [0.1, 0.15) is 11.5 Å². The minimum atomic E-state index is -0.0834. The van der Waals surface area contributed by atoms with Crippen molar-refractivity contribution in [1.82, 2.24) is 0 Å². The number of ketones is 1. The average Bonchev–Trinajstić information content (AvgIpc) is 2.17. The van der Waals surface area contributed by atoms with E-state index in [0.717, 1.165) is 30.4 Å². The third-order valence-electron chi connectivity index (χ3n) is 2.95. The largest absolute Gasteiger partial charge is 0.508 e. The van der Waals surface area contributed by atoms with E-state index in [1.165, 1.54) is 0 Å². The molecule has 1 aliphatic carbocycles. The number of carbonyl (C=O) groups is 1. The number of hydrogen-bond acceptors (Lipinski definition) is 2. The van der Waals surface area contributed by atoms with Gasteiger partial charge in [-0.1, -0.05) is 12.1 Å². The summed E-state index contributed by atoms with van der Waals surface area (Å²) in [4.78, 5) is 11.4. The first-order valence-corrected chi connectivity index (χ1v) is 5.01. The van der Waals surface area contributed by atoms with Crippen molar-refractivity contribution in [3.63, 3.8) is 0 Å². The number of rotatable bonds is 1. The third-order valence-corrected chi connectivity index (χ3v) is 2.95. The average molecular weight is 190 g/mol. The van der Waals surface area contributed by atoms with Crippen molar-refractivity contribution in [3.05, 3.63) is 29.3 Å². The first-order chi connectivity index (χ1) is 6.70. The molecule has 2 heteroatoms. The number of phenols is 1. The Hall–Kier alpha value is -1.31. The van der Waals surface area contributed by atoms with Crippen LogP contribution in [-0.4, -0.2) is 10.9 Å². The van der Waals surface area contributed by atoms with Crippen LogP contribution in [0.2, 0.25) is 0 Å². The van der Waals surface area contributed by atoms with Gasteiger partial charge >= 0.3 is 0 Å². The number of benzene rings is 1. The summed E-state index contributed by atoms with van der Waals surface area (Å²) < 4.78 is 0. The van der Waals surface area contributed by atoms with Crippen molar-refractivity contribution in [2.75, 3.05) is 0 Å². The summed E-state index contributed by atoms with van der Waals surface area (Å²) in [5.41, 5.74) is 2.00. The fourth-order valence-corrected chi connectivity index (χ4v) is 2.27. The second-order valence-corrected chi connectivity index (χ2v) is 3.91. The first kappa shape index (κ1) is 9.25. The number of Topliss-reactive ketones (excluding diaryl/α,β-unsaturated/α-hetero) is 1. The Morgan fingerprint density at radius 3 is 3.00 bits per heavy atom. The van der Waals surface area contributed by atoms with E-state index in [4.69, 9.17) is 0 Å². The molecule has 0 amide bonds. The molecular formula is C12H14O2. The van der Waals surface area contributed by atoms with Gasteiger partial charge in [0.05, 0.1) is 0 Å². The van der Waals surface area contributed by atoms with Gasteiger partial charge in [0.15, 0.2) is 0 Å². The second kappa shape index (κ2) is 3.45. The van der Waals surface area contributed by atoms with E-state index < -0.39 is 0 Å². The van der Waals surface area contributed by atoms with Gasteiger partial charge in [-0.25, -0.2) is 0 Å². The highest BCUT2D eigenvalue weighted by Crippen LogP contribution is 2.37. The molecule has 0 spiro atoms. The second-order valence-electron chi connectivity index (χ2n) is 3.91. The molecule has 14 heavy (non-hydrogen) atoms. The maximum atomic E-state index is 11.4. The van der Waals surface area contributed by atoms with Gasteiger partial charge in [0.25, 0.3) is 0 Å². The molecule has 2 rings (SSSR count). The van der Waals surface area contributed by atoms with Crippen LogP contribution in [0.3, 0.4) is 0 Å². The van der Waals surface area contributed by atoms with Crippen LogP contribution in [0.4, 0.5) is 0 Å². The van der Waals surface area contributed by atoms with Gasteiger partial charge in [0.2, 0.25) is 0 Å². The number of hydrogen-bond donors (Lipinski definition) is 1. The molecule has 0 fully saturated rings. The zero-order chi connectivity index (χ0) is 10.1. The van der Waals surface area contributed by atoms with Gasteiger partial charge in [-0.15, -0.1) is 0 Å². The summed E-state index contributed by atoms with van der Waals surface area (Å²) in [7, 11) is 0. The molecule has 1 aromatic rings. The van der Waals surface area contributed by atoms with Crippen molar-refractivity contribution < 1.29 is 9.90 Å². The maximum Gasteiger partial charge on any atom is 0.137 e. The molecule has 1 unspecified atom stereocenters. The molecule has 0 saturated carbocycles. The van der Waals surface area contributed by atoms with Gasteiger partial charge in [-0.05, 0) is 37.8 Å². The van der Waals surface area contributed by atoms with E-state index in [-0.39, 0.29) is 17.5 Å². The van der Waals surface area contributed by atoms with E-state index in [2.05, 4.69) is 0 Å². The van der Waals surface area contributed by atoms with Crippen LogP contribution in [0.5, 0.6) is 5.75 Å². The highest BCUT2D eigenvalue weighted by molar-refractivity contribution is 5.85. The molecule has 0 aliphatic heterocycles. The SMILES string of the molecule is CC(=O)C1CCCc2cccc(O)c21. The van der Waals surface area contributed by atoms with Crippen LogP contribution in [-0.2, 0) is 11.2 Å². The molecule has 0 radical (unpaired) electrons. The van der Waals surface area contributed by atoms with Crippen molar-refractivity contribution >= 4 is 5.78 Å². The summed E-state index contributed by atoms with van der Waals surface area (Å²) in [6.45, 7) is 1.60. The van der Waals surface area contributed by atoms with Crippen LogP contribution in [0.15, 0.2) is 18.2 Å². The number of aryl methyl sites for hydroxylation is 1. The quantitative estimate of drug-likeness (QED) is 0.738. The fraction of sp³-hybridized carbons (Fsp3) is 0.417. The van der Waals surface area contributed by atoms with Gasteiger partial charge in [-0.2, -0.15) is 0 Å². The number of phenolic OH excluding ortho intramolecular Hbond substituents is 1. The van der Waals surface area contributed by atoms with Crippen molar-refractivity contribution in [2.45, 2.75) is 32.1 Å². The molecule has 0 bridgehead atoms. The molecule has 1 atom stereocenters. The summed E-state index contributed by atoms with van der Waals surface area (Å²) in [5.74, 6) is 0.356.